The number of nitrogens with zero attached hydrogens (tertiary/aromatic N) is 2. The third-order valence-corrected chi connectivity index (χ3v) is 4.60. The van der Waals surface area contributed by atoms with Crippen LogP contribution < -0.4 is 10.6 Å². The van der Waals surface area contributed by atoms with Gasteiger partial charge in [-0.3, -0.25) is 4.99 Å². The first-order chi connectivity index (χ1) is 10.6. The maximum absolute atomic E-state index is 9.38. The number of hydrogen-bond donors (Lipinski definition) is 3. The molecule has 0 saturated heterocycles. The van der Waals surface area contributed by atoms with Gasteiger partial charge in [-0.2, -0.15) is 0 Å². The van der Waals surface area contributed by atoms with Crippen LogP contribution in [-0.4, -0.2) is 61.3 Å². The molecule has 0 aliphatic heterocycles. The first-order valence-electron chi connectivity index (χ1n) is 8.97. The van der Waals surface area contributed by atoms with Crippen LogP contribution in [0.4, 0.5) is 0 Å². The summed E-state index contributed by atoms with van der Waals surface area (Å²) in [5, 5.41) is 16.2. The maximum atomic E-state index is 9.38. The zero-order chi connectivity index (χ0) is 16.4. The van der Waals surface area contributed by atoms with Gasteiger partial charge >= 0.3 is 0 Å². The highest BCUT2D eigenvalue weighted by Gasteiger charge is 2.41. The van der Waals surface area contributed by atoms with Gasteiger partial charge in [0, 0.05) is 18.0 Å². The van der Waals surface area contributed by atoms with Crippen molar-refractivity contribution < 1.29 is 5.11 Å². The van der Waals surface area contributed by atoms with Crippen molar-refractivity contribution in [2.75, 3.05) is 39.3 Å². The van der Waals surface area contributed by atoms with Crippen LogP contribution in [0, 0.1) is 5.41 Å². The number of aliphatic hydroxyl groups excluding tert-OH is 1. The molecule has 0 amide bonds. The molecule has 0 aromatic rings. The molecule has 6 heteroatoms. The van der Waals surface area contributed by atoms with Crippen LogP contribution in [0.1, 0.15) is 53.4 Å². The zero-order valence-electron chi connectivity index (χ0n) is 15.4. The van der Waals surface area contributed by atoms with Crippen LogP contribution in [0.2, 0.25) is 0 Å². The minimum atomic E-state index is 0. The zero-order valence-corrected chi connectivity index (χ0v) is 17.7. The van der Waals surface area contributed by atoms with Crippen molar-refractivity contribution in [3.8, 4) is 0 Å². The van der Waals surface area contributed by atoms with E-state index >= 15 is 0 Å². The number of aliphatic hydroxyl groups is 1. The van der Waals surface area contributed by atoms with Gasteiger partial charge in [-0.05, 0) is 59.2 Å². The van der Waals surface area contributed by atoms with Crippen LogP contribution in [0.25, 0.3) is 0 Å². The highest BCUT2D eigenvalue weighted by molar-refractivity contribution is 14.0. The summed E-state index contributed by atoms with van der Waals surface area (Å²) < 4.78 is 0. The lowest BCUT2D eigenvalue weighted by molar-refractivity contribution is 0.216. The van der Waals surface area contributed by atoms with Crippen molar-refractivity contribution in [2.45, 2.75) is 59.4 Å². The average Bonchev–Trinajstić information content (AvgIpc) is 3.30. The van der Waals surface area contributed by atoms with Crippen molar-refractivity contribution in [2.24, 2.45) is 10.4 Å². The predicted octanol–water partition coefficient (Wildman–Crippen LogP) is 2.44. The van der Waals surface area contributed by atoms with Gasteiger partial charge in [-0.15, -0.1) is 24.0 Å². The standard InChI is InChI=1S/C17H36N4O.HI/c1-5-18-16(19-13-17(14-22)10-11-17)20-15(4)9-8-12-21(6-2)7-3;/h15,22H,5-14H2,1-4H3,(H2,18,19,20);1H. The lowest BCUT2D eigenvalue weighted by Crippen LogP contribution is -2.43. The lowest BCUT2D eigenvalue weighted by Gasteiger charge is -2.21. The molecule has 1 saturated carbocycles. The Kier molecular flexibility index (Phi) is 12.3. The van der Waals surface area contributed by atoms with Crippen LogP contribution in [0.3, 0.4) is 0 Å². The van der Waals surface area contributed by atoms with E-state index in [1.807, 2.05) is 0 Å². The quantitative estimate of drug-likeness (QED) is 0.263. The van der Waals surface area contributed by atoms with E-state index in [1.54, 1.807) is 0 Å². The van der Waals surface area contributed by atoms with E-state index in [4.69, 9.17) is 0 Å². The molecule has 23 heavy (non-hydrogen) atoms. The van der Waals surface area contributed by atoms with Crippen molar-refractivity contribution in [1.82, 2.24) is 15.5 Å². The molecule has 0 aromatic heterocycles. The average molecular weight is 440 g/mol. The molecule has 0 spiro atoms. The summed E-state index contributed by atoms with van der Waals surface area (Å²) in [6.07, 6.45) is 4.56. The Bertz CT molecular complexity index is 331. The van der Waals surface area contributed by atoms with Gasteiger partial charge in [-0.25, -0.2) is 0 Å². The van der Waals surface area contributed by atoms with Crippen LogP contribution in [0.15, 0.2) is 4.99 Å². The van der Waals surface area contributed by atoms with E-state index in [1.165, 1.54) is 13.0 Å². The Morgan fingerprint density at radius 2 is 1.91 bits per heavy atom. The number of halogens is 1. The highest BCUT2D eigenvalue weighted by atomic mass is 127. The molecule has 138 valence electrons. The molecule has 1 atom stereocenters. The molecule has 0 aromatic carbocycles. The molecular formula is C17H37IN4O. The molecule has 5 nitrogen and oxygen atoms in total. The summed E-state index contributed by atoms with van der Waals surface area (Å²) in [5.74, 6) is 0.887. The Morgan fingerprint density at radius 1 is 1.26 bits per heavy atom. The van der Waals surface area contributed by atoms with Gasteiger partial charge in [0.25, 0.3) is 0 Å². The van der Waals surface area contributed by atoms with E-state index < -0.39 is 0 Å². The summed E-state index contributed by atoms with van der Waals surface area (Å²) in [7, 11) is 0. The van der Waals surface area contributed by atoms with Gasteiger partial charge in [0.1, 0.15) is 0 Å². The first-order valence-corrected chi connectivity index (χ1v) is 8.97. The van der Waals surface area contributed by atoms with E-state index in [0.29, 0.717) is 6.04 Å². The Morgan fingerprint density at radius 3 is 2.39 bits per heavy atom. The summed E-state index contributed by atoms with van der Waals surface area (Å²) in [5.41, 5.74) is 0.0777. The molecule has 1 unspecified atom stereocenters. The normalized spacial score (nSPS) is 17.6. The molecule has 1 rings (SSSR count). The summed E-state index contributed by atoms with van der Waals surface area (Å²) in [4.78, 5) is 7.12. The van der Waals surface area contributed by atoms with Crippen molar-refractivity contribution >= 4 is 29.9 Å². The number of hydrogen-bond acceptors (Lipinski definition) is 3. The molecule has 0 bridgehead atoms. The van der Waals surface area contributed by atoms with E-state index in [-0.39, 0.29) is 36.0 Å². The molecule has 1 aliphatic rings. The maximum Gasteiger partial charge on any atom is 0.191 e. The second kappa shape index (κ2) is 12.3. The van der Waals surface area contributed by atoms with Crippen molar-refractivity contribution in [1.29, 1.82) is 0 Å². The topological polar surface area (TPSA) is 59.9 Å². The third kappa shape index (κ3) is 9.10. The number of rotatable bonds is 11. The number of aliphatic imine (C=N–C) groups is 1. The number of guanidine groups is 1. The largest absolute Gasteiger partial charge is 0.396 e. The number of nitrogens with one attached hydrogen (secondary N) is 2. The lowest BCUT2D eigenvalue weighted by atomic mass is 10.1. The second-order valence-electron chi connectivity index (χ2n) is 6.57. The fourth-order valence-electron chi connectivity index (χ4n) is 2.58. The molecule has 0 heterocycles. The van der Waals surface area contributed by atoms with Crippen molar-refractivity contribution in [3.63, 3.8) is 0 Å². The third-order valence-electron chi connectivity index (χ3n) is 4.60. The summed E-state index contributed by atoms with van der Waals surface area (Å²) in [6, 6.07) is 0.414. The fraction of sp³-hybridized carbons (Fsp3) is 0.941. The van der Waals surface area contributed by atoms with Gasteiger partial charge in [-0.1, -0.05) is 13.8 Å². The van der Waals surface area contributed by atoms with Crippen LogP contribution in [-0.2, 0) is 0 Å². The minimum absolute atomic E-state index is 0. The van der Waals surface area contributed by atoms with Gasteiger partial charge in [0.15, 0.2) is 5.96 Å². The summed E-state index contributed by atoms with van der Waals surface area (Å²) >= 11 is 0. The predicted molar refractivity (Wildman–Crippen MR) is 110 cm³/mol. The highest BCUT2D eigenvalue weighted by Crippen LogP contribution is 2.45. The first kappa shape index (κ1) is 22.9. The van der Waals surface area contributed by atoms with E-state index in [0.717, 1.165) is 51.4 Å². The molecule has 1 fully saturated rings. The molecule has 0 radical (unpaired) electrons. The van der Waals surface area contributed by atoms with Crippen LogP contribution >= 0.6 is 24.0 Å². The van der Waals surface area contributed by atoms with E-state index in [9.17, 15) is 5.11 Å². The Hall–Kier alpha value is -0.0800. The summed E-state index contributed by atoms with van der Waals surface area (Å²) in [6.45, 7) is 14.0. The smallest absolute Gasteiger partial charge is 0.191 e. The fourth-order valence-corrected chi connectivity index (χ4v) is 2.58. The Labute approximate surface area is 159 Å². The molecule has 1 aliphatic carbocycles. The van der Waals surface area contributed by atoms with Gasteiger partial charge in [0.2, 0.25) is 0 Å². The van der Waals surface area contributed by atoms with Gasteiger partial charge < -0.3 is 20.6 Å². The molecule has 3 N–H and O–H groups in total. The minimum Gasteiger partial charge on any atom is -0.396 e. The van der Waals surface area contributed by atoms with Crippen molar-refractivity contribution in [3.05, 3.63) is 0 Å². The molecular weight excluding hydrogens is 403 g/mol. The van der Waals surface area contributed by atoms with E-state index in [2.05, 4.69) is 48.2 Å². The van der Waals surface area contributed by atoms with Crippen LogP contribution in [0.5, 0.6) is 0 Å². The SMILES string of the molecule is CCNC(=NCC1(CO)CC1)NC(C)CCCN(CC)CC.I. The van der Waals surface area contributed by atoms with Gasteiger partial charge in [0.05, 0.1) is 13.2 Å². The monoisotopic (exact) mass is 440 g/mol. The Balaban J connectivity index is 0.00000484. The second-order valence-corrected chi connectivity index (χ2v) is 6.57.